The van der Waals surface area contributed by atoms with Gasteiger partial charge in [0.05, 0.1) is 0 Å². The van der Waals surface area contributed by atoms with Gasteiger partial charge >= 0.3 is 5.97 Å². The van der Waals surface area contributed by atoms with E-state index in [0.29, 0.717) is 5.13 Å². The van der Waals surface area contributed by atoms with Gasteiger partial charge in [-0.2, -0.15) is 0 Å². The van der Waals surface area contributed by atoms with Gasteiger partial charge in [-0.3, -0.25) is 0 Å². The number of carbonyl (C=O) groups is 1. The normalized spacial score (nSPS) is 15.4. The Morgan fingerprint density at radius 3 is 2.81 bits per heavy atom. The van der Waals surface area contributed by atoms with Gasteiger partial charge in [-0.1, -0.05) is 5.16 Å². The Labute approximate surface area is 102 Å². The van der Waals surface area contributed by atoms with Crippen LogP contribution in [0.2, 0.25) is 0 Å². The largest absolute Gasteiger partial charge is 0.476 e. The molecule has 1 heterocycles. The fraction of sp³-hybridized carbons (Fsp3) is 0.375. The van der Waals surface area contributed by atoms with Crippen LogP contribution in [0, 0.1) is 0 Å². The number of oxime groups is 1. The molecule has 6 nitrogen and oxygen atoms in total. The Hall–Kier alpha value is -1.34. The Kier molecular flexibility index (Phi) is 4.08. The summed E-state index contributed by atoms with van der Waals surface area (Å²) in [4.78, 5) is 19.7. The molecular weight excluding hydrogens is 254 g/mol. The molecule has 3 N–H and O–H groups in total. The van der Waals surface area contributed by atoms with Crippen molar-refractivity contribution >= 4 is 40.6 Å². The number of nitrogens with two attached hydrogens (primary N) is 1. The standard InChI is InChI=1S/C8H9N3O3S.ClH/c9-8-10-5(3-15-8)6(7(12)13)11-14-4-1-2-4;/h3-4H,1-2H2,(H2,9,10)(H,12,13);1H. The third-order valence-corrected chi connectivity index (χ3v) is 2.46. The van der Waals surface area contributed by atoms with Crippen LogP contribution < -0.4 is 5.73 Å². The Balaban J connectivity index is 0.00000128. The molecule has 0 atom stereocenters. The minimum absolute atomic E-state index is 0. The molecule has 1 fully saturated rings. The van der Waals surface area contributed by atoms with Crippen molar-refractivity contribution in [3.63, 3.8) is 0 Å². The molecule has 1 saturated carbocycles. The molecule has 1 aliphatic rings. The second-order valence-electron chi connectivity index (χ2n) is 3.12. The molecule has 0 spiro atoms. The smallest absolute Gasteiger partial charge is 0.360 e. The lowest BCUT2D eigenvalue weighted by atomic mass is 10.3. The fourth-order valence-corrected chi connectivity index (χ4v) is 1.44. The van der Waals surface area contributed by atoms with Crippen LogP contribution >= 0.6 is 23.7 Å². The molecule has 0 aliphatic heterocycles. The van der Waals surface area contributed by atoms with Gasteiger partial charge in [-0.05, 0) is 12.8 Å². The monoisotopic (exact) mass is 263 g/mol. The lowest BCUT2D eigenvalue weighted by Crippen LogP contribution is -2.15. The quantitative estimate of drug-likeness (QED) is 0.626. The summed E-state index contributed by atoms with van der Waals surface area (Å²) in [5.41, 5.74) is 5.45. The molecule has 1 aliphatic carbocycles. The minimum atomic E-state index is -1.17. The maximum absolute atomic E-state index is 10.9. The third kappa shape index (κ3) is 3.07. The van der Waals surface area contributed by atoms with Gasteiger partial charge in [0.25, 0.3) is 0 Å². The molecule has 0 amide bonds. The van der Waals surface area contributed by atoms with E-state index >= 15 is 0 Å². The second-order valence-corrected chi connectivity index (χ2v) is 4.01. The molecule has 88 valence electrons. The highest BCUT2D eigenvalue weighted by Gasteiger charge is 2.25. The van der Waals surface area contributed by atoms with Gasteiger partial charge in [0.1, 0.15) is 11.8 Å². The van der Waals surface area contributed by atoms with E-state index in [2.05, 4.69) is 10.1 Å². The molecule has 2 rings (SSSR count). The highest BCUT2D eigenvalue weighted by atomic mass is 35.5. The number of halogens is 1. The van der Waals surface area contributed by atoms with Gasteiger partial charge in [-0.15, -0.1) is 23.7 Å². The lowest BCUT2D eigenvalue weighted by Gasteiger charge is -1.97. The molecule has 1 aromatic heterocycles. The lowest BCUT2D eigenvalue weighted by molar-refractivity contribution is -0.129. The average Bonchev–Trinajstić information content (AvgIpc) is 2.89. The zero-order chi connectivity index (χ0) is 10.8. The Bertz CT molecular complexity index is 416. The van der Waals surface area contributed by atoms with Crippen molar-refractivity contribution in [2.45, 2.75) is 18.9 Å². The number of thiazole rings is 1. The summed E-state index contributed by atoms with van der Waals surface area (Å²) in [6.07, 6.45) is 1.92. The number of nitrogens with zero attached hydrogens (tertiary/aromatic N) is 2. The molecule has 0 bridgehead atoms. The van der Waals surface area contributed by atoms with Crippen molar-refractivity contribution < 1.29 is 14.7 Å². The minimum Gasteiger partial charge on any atom is -0.476 e. The summed E-state index contributed by atoms with van der Waals surface area (Å²) >= 11 is 1.17. The van der Waals surface area contributed by atoms with Gasteiger partial charge in [0, 0.05) is 5.38 Å². The molecule has 16 heavy (non-hydrogen) atoms. The number of aliphatic carboxylic acids is 1. The van der Waals surface area contributed by atoms with E-state index in [0.717, 1.165) is 12.8 Å². The molecule has 1 aromatic rings. The highest BCUT2D eigenvalue weighted by molar-refractivity contribution is 7.13. The summed E-state index contributed by atoms with van der Waals surface area (Å²) in [5.74, 6) is -1.17. The zero-order valence-corrected chi connectivity index (χ0v) is 9.75. The molecule has 0 unspecified atom stereocenters. The van der Waals surface area contributed by atoms with E-state index in [9.17, 15) is 4.79 Å². The number of hydrogen-bond donors (Lipinski definition) is 2. The number of rotatable bonds is 4. The first-order valence-corrected chi connectivity index (χ1v) is 5.23. The van der Waals surface area contributed by atoms with Crippen molar-refractivity contribution in [2.24, 2.45) is 5.16 Å². The third-order valence-electron chi connectivity index (χ3n) is 1.78. The van der Waals surface area contributed by atoms with Crippen LogP contribution in [0.5, 0.6) is 0 Å². The van der Waals surface area contributed by atoms with E-state index in [1.165, 1.54) is 11.3 Å². The van der Waals surface area contributed by atoms with Crippen molar-refractivity contribution in [3.8, 4) is 0 Å². The second kappa shape index (κ2) is 5.13. The van der Waals surface area contributed by atoms with Gasteiger partial charge < -0.3 is 15.7 Å². The zero-order valence-electron chi connectivity index (χ0n) is 8.12. The van der Waals surface area contributed by atoms with Crippen LogP contribution in [0.3, 0.4) is 0 Å². The number of hydrogen-bond acceptors (Lipinski definition) is 6. The molecule has 8 heteroatoms. The first-order valence-electron chi connectivity index (χ1n) is 4.35. The van der Waals surface area contributed by atoms with Gasteiger partial charge in [-0.25, -0.2) is 9.78 Å². The molecule has 0 radical (unpaired) electrons. The molecule has 0 aromatic carbocycles. The van der Waals surface area contributed by atoms with Crippen LogP contribution in [-0.2, 0) is 9.63 Å². The first kappa shape index (κ1) is 12.7. The van der Waals surface area contributed by atoms with Gasteiger partial charge in [0.2, 0.25) is 5.71 Å². The fourth-order valence-electron chi connectivity index (χ4n) is 0.892. The summed E-state index contributed by atoms with van der Waals surface area (Å²) in [5, 5.41) is 14.3. The number of carboxylic acids is 1. The van der Waals surface area contributed by atoms with Crippen LogP contribution in [0.1, 0.15) is 18.5 Å². The summed E-state index contributed by atoms with van der Waals surface area (Å²) in [6.45, 7) is 0. The van der Waals surface area contributed by atoms with Crippen molar-refractivity contribution in [2.75, 3.05) is 5.73 Å². The van der Waals surface area contributed by atoms with E-state index in [1.807, 2.05) is 0 Å². The predicted molar refractivity (Wildman–Crippen MR) is 62.1 cm³/mol. The van der Waals surface area contributed by atoms with Crippen LogP contribution in [0.15, 0.2) is 10.5 Å². The van der Waals surface area contributed by atoms with Crippen LogP contribution in [-0.4, -0.2) is 27.9 Å². The van der Waals surface area contributed by atoms with Crippen molar-refractivity contribution in [1.29, 1.82) is 0 Å². The first-order chi connectivity index (χ1) is 7.16. The van der Waals surface area contributed by atoms with E-state index in [-0.39, 0.29) is 29.9 Å². The van der Waals surface area contributed by atoms with Crippen LogP contribution in [0.25, 0.3) is 0 Å². The number of aromatic nitrogens is 1. The molecular formula is C8H10ClN3O3S. The van der Waals surface area contributed by atoms with E-state index < -0.39 is 5.97 Å². The predicted octanol–water partition coefficient (Wildman–Crippen LogP) is 1.11. The van der Waals surface area contributed by atoms with Crippen LogP contribution in [0.4, 0.5) is 5.13 Å². The Morgan fingerprint density at radius 2 is 2.38 bits per heavy atom. The Morgan fingerprint density at radius 1 is 1.69 bits per heavy atom. The number of carboxylic acid groups (broad SMARTS) is 1. The highest BCUT2D eigenvalue weighted by Crippen LogP contribution is 2.24. The number of anilines is 1. The SMILES string of the molecule is Cl.Nc1nc(C(=NOC2CC2)C(=O)O)cs1. The topological polar surface area (TPSA) is 97.8 Å². The summed E-state index contributed by atoms with van der Waals surface area (Å²) < 4.78 is 0. The number of nitrogen functional groups attached to an aromatic ring is 1. The summed E-state index contributed by atoms with van der Waals surface area (Å²) in [7, 11) is 0. The van der Waals surface area contributed by atoms with E-state index in [1.54, 1.807) is 5.38 Å². The maximum Gasteiger partial charge on any atom is 0.360 e. The summed E-state index contributed by atoms with van der Waals surface area (Å²) in [6, 6.07) is 0. The molecule has 0 saturated heterocycles. The van der Waals surface area contributed by atoms with Gasteiger partial charge in [0.15, 0.2) is 5.13 Å². The maximum atomic E-state index is 10.9. The van der Waals surface area contributed by atoms with E-state index in [4.69, 9.17) is 15.7 Å². The average molecular weight is 264 g/mol. The van der Waals surface area contributed by atoms with Crippen molar-refractivity contribution in [3.05, 3.63) is 11.1 Å². The van der Waals surface area contributed by atoms with Crippen molar-refractivity contribution in [1.82, 2.24) is 4.98 Å².